The van der Waals surface area contributed by atoms with E-state index in [2.05, 4.69) is 35.0 Å². The van der Waals surface area contributed by atoms with Crippen LogP contribution in [0.4, 0.5) is 0 Å². The molecule has 0 aromatic heterocycles. The second kappa shape index (κ2) is 5.45. The second-order valence-electron chi connectivity index (χ2n) is 5.88. The molecule has 104 valence electrons. The van der Waals surface area contributed by atoms with Gasteiger partial charge in [0.25, 0.3) is 0 Å². The molecule has 19 heavy (non-hydrogen) atoms. The molecular formula is C16H21BrO2. The zero-order valence-corrected chi connectivity index (χ0v) is 13.0. The first-order valence-corrected chi connectivity index (χ1v) is 8.03. The molecule has 1 aromatic carbocycles. The first-order valence-electron chi connectivity index (χ1n) is 7.24. The fourth-order valence-electron chi connectivity index (χ4n) is 3.38. The fraction of sp³-hybridized carbons (Fsp3) is 0.625. The zero-order chi connectivity index (χ0) is 13.3. The third-order valence-corrected chi connectivity index (χ3v) is 4.89. The van der Waals surface area contributed by atoms with E-state index in [4.69, 9.17) is 9.47 Å². The van der Waals surface area contributed by atoms with Crippen LogP contribution in [0, 0.1) is 6.92 Å². The van der Waals surface area contributed by atoms with Crippen molar-refractivity contribution in [3.8, 4) is 5.75 Å². The van der Waals surface area contributed by atoms with Gasteiger partial charge in [0.15, 0.2) is 0 Å². The number of aryl methyl sites for hydroxylation is 1. The zero-order valence-electron chi connectivity index (χ0n) is 11.5. The minimum absolute atomic E-state index is 0.131. The van der Waals surface area contributed by atoms with Crippen molar-refractivity contribution in [3.63, 3.8) is 0 Å². The molecule has 1 atom stereocenters. The van der Waals surface area contributed by atoms with Crippen LogP contribution in [0.5, 0.6) is 5.75 Å². The van der Waals surface area contributed by atoms with Gasteiger partial charge < -0.3 is 9.47 Å². The number of rotatable bonds is 2. The number of ether oxygens (including phenoxy) is 2. The molecule has 0 radical (unpaired) electrons. The van der Waals surface area contributed by atoms with Gasteiger partial charge in [0, 0.05) is 17.3 Å². The first-order chi connectivity index (χ1) is 9.17. The Balaban J connectivity index is 1.69. The molecule has 0 amide bonds. The molecule has 1 heterocycles. The van der Waals surface area contributed by atoms with Crippen molar-refractivity contribution < 1.29 is 9.47 Å². The molecule has 0 N–H and O–H groups in total. The lowest BCUT2D eigenvalue weighted by molar-refractivity contribution is -0.108. The minimum Gasteiger partial charge on any atom is -0.490 e. The molecule has 1 saturated carbocycles. The van der Waals surface area contributed by atoms with Crippen LogP contribution < -0.4 is 4.74 Å². The molecule has 2 aliphatic rings. The second-order valence-corrected chi connectivity index (χ2v) is 6.80. The van der Waals surface area contributed by atoms with E-state index >= 15 is 0 Å². The molecule has 3 rings (SSSR count). The van der Waals surface area contributed by atoms with Gasteiger partial charge in [-0.3, -0.25) is 0 Å². The van der Waals surface area contributed by atoms with Crippen LogP contribution in [-0.4, -0.2) is 18.3 Å². The Morgan fingerprint density at radius 1 is 1.32 bits per heavy atom. The first kappa shape index (κ1) is 13.4. The van der Waals surface area contributed by atoms with Gasteiger partial charge in [0.1, 0.15) is 11.9 Å². The van der Waals surface area contributed by atoms with E-state index < -0.39 is 0 Å². The third-order valence-electron chi connectivity index (χ3n) is 4.39. The molecular weight excluding hydrogens is 304 g/mol. The number of hydrogen-bond donors (Lipinski definition) is 0. The van der Waals surface area contributed by atoms with Crippen LogP contribution in [0.1, 0.15) is 44.1 Å². The van der Waals surface area contributed by atoms with Crippen LogP contribution >= 0.6 is 15.9 Å². The van der Waals surface area contributed by atoms with E-state index in [0.29, 0.717) is 6.10 Å². The Bertz CT molecular complexity index is 452. The standard InChI is InChI=1S/C16H21BrO2/c1-12-10-13(17)4-5-15(12)19-14-6-9-18-16(11-14)7-2-3-8-16/h4-5,10,14H,2-3,6-9,11H2,1H3. The minimum atomic E-state index is 0.131. The summed E-state index contributed by atoms with van der Waals surface area (Å²) in [6, 6.07) is 6.23. The molecule has 0 bridgehead atoms. The highest BCUT2D eigenvalue weighted by molar-refractivity contribution is 9.10. The SMILES string of the molecule is Cc1cc(Br)ccc1OC1CCOC2(CCCC2)C1. The van der Waals surface area contributed by atoms with Gasteiger partial charge in [-0.1, -0.05) is 28.8 Å². The Morgan fingerprint density at radius 3 is 2.84 bits per heavy atom. The predicted octanol–water partition coefficient (Wildman–Crippen LogP) is 4.63. The summed E-state index contributed by atoms with van der Waals surface area (Å²) in [4.78, 5) is 0. The summed E-state index contributed by atoms with van der Waals surface area (Å²) in [6.45, 7) is 2.95. The van der Waals surface area contributed by atoms with Crippen LogP contribution in [0.3, 0.4) is 0 Å². The van der Waals surface area contributed by atoms with Crippen LogP contribution in [0.2, 0.25) is 0 Å². The molecule has 2 nitrogen and oxygen atoms in total. The molecule has 3 heteroatoms. The largest absolute Gasteiger partial charge is 0.490 e. The quantitative estimate of drug-likeness (QED) is 0.789. The lowest BCUT2D eigenvalue weighted by Gasteiger charge is -2.38. The van der Waals surface area contributed by atoms with E-state index in [0.717, 1.165) is 29.7 Å². The van der Waals surface area contributed by atoms with E-state index in [1.165, 1.54) is 31.2 Å². The van der Waals surface area contributed by atoms with Gasteiger partial charge in [0.2, 0.25) is 0 Å². The molecule has 1 unspecified atom stereocenters. The Labute approximate surface area is 123 Å². The topological polar surface area (TPSA) is 18.5 Å². The average Bonchev–Trinajstić information content (AvgIpc) is 2.81. The number of halogens is 1. The summed E-state index contributed by atoms with van der Waals surface area (Å²) in [7, 11) is 0. The van der Waals surface area contributed by atoms with Gasteiger partial charge in [-0.15, -0.1) is 0 Å². The van der Waals surface area contributed by atoms with Crippen molar-refractivity contribution in [3.05, 3.63) is 28.2 Å². The normalized spacial score (nSPS) is 25.7. The molecule has 1 aliphatic carbocycles. The summed E-state index contributed by atoms with van der Waals surface area (Å²) < 4.78 is 13.4. The highest BCUT2D eigenvalue weighted by atomic mass is 79.9. The van der Waals surface area contributed by atoms with Crippen molar-refractivity contribution in [1.82, 2.24) is 0 Å². The van der Waals surface area contributed by atoms with E-state index in [-0.39, 0.29) is 5.60 Å². The van der Waals surface area contributed by atoms with Gasteiger partial charge >= 0.3 is 0 Å². The van der Waals surface area contributed by atoms with Crippen LogP contribution in [0.25, 0.3) is 0 Å². The van der Waals surface area contributed by atoms with Crippen molar-refractivity contribution >= 4 is 15.9 Å². The predicted molar refractivity (Wildman–Crippen MR) is 79.7 cm³/mol. The smallest absolute Gasteiger partial charge is 0.122 e. The average molecular weight is 325 g/mol. The van der Waals surface area contributed by atoms with Crippen molar-refractivity contribution in [2.75, 3.05) is 6.61 Å². The third kappa shape index (κ3) is 2.97. The maximum atomic E-state index is 6.23. The highest BCUT2D eigenvalue weighted by Gasteiger charge is 2.40. The summed E-state index contributed by atoms with van der Waals surface area (Å²) in [6.07, 6.45) is 7.43. The Morgan fingerprint density at radius 2 is 2.11 bits per heavy atom. The summed E-state index contributed by atoms with van der Waals surface area (Å²) in [5.41, 5.74) is 1.33. The fourth-order valence-corrected chi connectivity index (χ4v) is 3.85. The monoisotopic (exact) mass is 324 g/mol. The molecule has 2 fully saturated rings. The Kier molecular flexibility index (Phi) is 3.86. The molecule has 1 aromatic rings. The molecule has 1 saturated heterocycles. The van der Waals surface area contributed by atoms with Crippen LogP contribution in [-0.2, 0) is 4.74 Å². The Hall–Kier alpha value is -0.540. The molecule has 1 aliphatic heterocycles. The van der Waals surface area contributed by atoms with Gasteiger partial charge in [-0.05, 0) is 43.5 Å². The summed E-state index contributed by atoms with van der Waals surface area (Å²) in [5, 5.41) is 0. The maximum absolute atomic E-state index is 6.23. The van der Waals surface area contributed by atoms with Crippen molar-refractivity contribution in [1.29, 1.82) is 0 Å². The van der Waals surface area contributed by atoms with Crippen molar-refractivity contribution in [2.45, 2.75) is 57.2 Å². The highest BCUT2D eigenvalue weighted by Crippen LogP contribution is 2.41. The summed E-state index contributed by atoms with van der Waals surface area (Å²) >= 11 is 3.49. The number of benzene rings is 1. The maximum Gasteiger partial charge on any atom is 0.122 e. The van der Waals surface area contributed by atoms with Crippen LogP contribution in [0.15, 0.2) is 22.7 Å². The molecule has 1 spiro atoms. The summed E-state index contributed by atoms with van der Waals surface area (Å²) in [5.74, 6) is 1.02. The van der Waals surface area contributed by atoms with E-state index in [1.807, 2.05) is 6.07 Å². The lowest BCUT2D eigenvalue weighted by Crippen LogP contribution is -2.41. The van der Waals surface area contributed by atoms with Crippen molar-refractivity contribution in [2.24, 2.45) is 0 Å². The van der Waals surface area contributed by atoms with E-state index in [9.17, 15) is 0 Å². The number of hydrogen-bond acceptors (Lipinski definition) is 2. The van der Waals surface area contributed by atoms with Gasteiger partial charge in [0.05, 0.1) is 12.2 Å². The van der Waals surface area contributed by atoms with Gasteiger partial charge in [-0.2, -0.15) is 0 Å². The van der Waals surface area contributed by atoms with Gasteiger partial charge in [-0.25, -0.2) is 0 Å². The lowest BCUT2D eigenvalue weighted by atomic mass is 9.90. The van der Waals surface area contributed by atoms with E-state index in [1.54, 1.807) is 0 Å².